The molecule has 0 spiro atoms. The smallest absolute Gasteiger partial charge is 0.305 e. The van der Waals surface area contributed by atoms with Crippen LogP contribution in [0.5, 0.6) is 5.75 Å². The van der Waals surface area contributed by atoms with Crippen LogP contribution in [0, 0.1) is 6.92 Å². The lowest BCUT2D eigenvalue weighted by molar-refractivity contribution is -0.151. The first-order chi connectivity index (χ1) is 21.6. The van der Waals surface area contributed by atoms with Gasteiger partial charge >= 0.3 is 5.97 Å². The first kappa shape index (κ1) is 42.4. The minimum Gasteiger partial charge on any atom is -0.507 e. The van der Waals surface area contributed by atoms with Gasteiger partial charge in [-0.15, -0.1) is 0 Å². The van der Waals surface area contributed by atoms with Crippen molar-refractivity contribution in [3.8, 4) is 5.75 Å². The van der Waals surface area contributed by atoms with E-state index in [4.69, 9.17) is 9.47 Å². The first-order valence-corrected chi connectivity index (χ1v) is 18.3. The molecule has 0 amide bonds. The van der Waals surface area contributed by atoms with Crippen molar-refractivity contribution in [3.63, 3.8) is 0 Å². The molecule has 1 aromatic rings. The predicted molar refractivity (Wildman–Crippen MR) is 189 cm³/mol. The van der Waals surface area contributed by atoms with Gasteiger partial charge in [-0.2, -0.15) is 0 Å². The summed E-state index contributed by atoms with van der Waals surface area (Å²) in [6.07, 6.45) is 15.4. The van der Waals surface area contributed by atoms with Gasteiger partial charge in [0.05, 0.1) is 6.61 Å². The van der Waals surface area contributed by atoms with Crippen molar-refractivity contribution >= 4 is 5.97 Å². The second kappa shape index (κ2) is 22.1. The Morgan fingerprint density at radius 2 is 1.22 bits per heavy atom. The third-order valence-electron chi connectivity index (χ3n) is 8.84. The number of phenols is 1. The van der Waals surface area contributed by atoms with Crippen LogP contribution in [0.2, 0.25) is 0 Å². The molecule has 0 bridgehead atoms. The summed E-state index contributed by atoms with van der Waals surface area (Å²) in [5.74, 6) is 0.127. The average Bonchev–Trinajstić information content (AvgIpc) is 3.31. The molecule has 1 aromatic carbocycles. The highest BCUT2D eigenvalue weighted by Crippen LogP contribution is 2.39. The number of carbonyl (C=O) groups is 1. The number of benzene rings is 1. The fourth-order valence-electron chi connectivity index (χ4n) is 5.87. The lowest BCUT2D eigenvalue weighted by Crippen LogP contribution is -2.41. The number of phenolic OH excluding ortho intramolecular Hbond substituents is 1. The topological polar surface area (TPSA) is 116 Å². The lowest BCUT2D eigenvalue weighted by Gasteiger charge is -2.27. The summed E-state index contributed by atoms with van der Waals surface area (Å²) in [5.41, 5.74) is 3.26. The summed E-state index contributed by atoms with van der Waals surface area (Å²) in [6, 6.07) is 4.18. The molecule has 2 rings (SSSR count). The minimum absolute atomic E-state index is 0.0178. The molecule has 0 aliphatic carbocycles. The van der Waals surface area contributed by atoms with Crippen LogP contribution in [0.1, 0.15) is 168 Å². The molecule has 4 atom stereocenters. The summed E-state index contributed by atoms with van der Waals surface area (Å²) >= 11 is 0. The maximum Gasteiger partial charge on any atom is 0.305 e. The number of carbonyl (C=O) groups excluding carboxylic acids is 1. The fourth-order valence-corrected chi connectivity index (χ4v) is 5.87. The minimum atomic E-state index is -1.14. The average molecular weight is 651 g/mol. The van der Waals surface area contributed by atoms with Gasteiger partial charge in [0.2, 0.25) is 0 Å². The summed E-state index contributed by atoms with van der Waals surface area (Å²) in [4.78, 5) is 11.8. The van der Waals surface area contributed by atoms with E-state index in [9.17, 15) is 25.2 Å². The number of hydrogen-bond donors (Lipinski definition) is 4. The van der Waals surface area contributed by atoms with Crippen molar-refractivity contribution in [2.45, 2.75) is 193 Å². The fraction of sp³-hybridized carbons (Fsp3) is 0.821. The molecule has 7 heteroatoms. The van der Waals surface area contributed by atoms with Crippen LogP contribution in [-0.2, 0) is 25.1 Å². The third kappa shape index (κ3) is 16.9. The van der Waals surface area contributed by atoms with Gasteiger partial charge in [0.25, 0.3) is 0 Å². The highest BCUT2D eigenvalue weighted by molar-refractivity contribution is 5.69. The number of hydrogen-bond acceptors (Lipinski definition) is 7. The summed E-state index contributed by atoms with van der Waals surface area (Å²) < 4.78 is 10.2. The summed E-state index contributed by atoms with van der Waals surface area (Å²) in [5, 5.41) is 39.4. The number of aromatic hydroxyl groups is 1. The second-order valence-electron chi connectivity index (χ2n) is 15.5. The van der Waals surface area contributed by atoms with Crippen LogP contribution in [-0.4, -0.2) is 64.0 Å². The van der Waals surface area contributed by atoms with Crippen LogP contribution in [0.3, 0.4) is 0 Å². The second-order valence-corrected chi connectivity index (χ2v) is 15.5. The van der Waals surface area contributed by atoms with E-state index in [0.29, 0.717) is 12.2 Å². The van der Waals surface area contributed by atoms with Crippen LogP contribution >= 0.6 is 0 Å². The SMILES string of the molecule is CCCCCCCCCCCCCCCCCC(=O)OC[C@@H](O)[C@H]1OC[C@H](O)[C@H]1O.Cc1cc(C(C)(C)C)c(O)c(C(C)(C)C)c1. The molecule has 46 heavy (non-hydrogen) atoms. The van der Waals surface area contributed by atoms with E-state index in [1.807, 2.05) is 0 Å². The number of rotatable bonds is 19. The molecule has 4 N–H and O–H groups in total. The Kier molecular flexibility index (Phi) is 20.3. The Labute approximate surface area is 281 Å². The van der Waals surface area contributed by atoms with Crippen LogP contribution in [0.15, 0.2) is 12.1 Å². The van der Waals surface area contributed by atoms with E-state index in [-0.39, 0.29) is 30.0 Å². The quantitative estimate of drug-likeness (QED) is 0.0875. The summed E-state index contributed by atoms with van der Waals surface area (Å²) in [7, 11) is 0. The van der Waals surface area contributed by atoms with Gasteiger partial charge in [0, 0.05) is 6.42 Å². The molecular formula is C39H70O7. The Hall–Kier alpha value is -1.67. The van der Waals surface area contributed by atoms with E-state index in [2.05, 4.69) is 67.5 Å². The van der Waals surface area contributed by atoms with Gasteiger partial charge in [-0.1, -0.05) is 156 Å². The molecule has 0 aromatic heterocycles. The van der Waals surface area contributed by atoms with E-state index in [1.165, 1.54) is 82.6 Å². The molecule has 1 fully saturated rings. The van der Waals surface area contributed by atoms with Crippen molar-refractivity contribution in [2.75, 3.05) is 13.2 Å². The van der Waals surface area contributed by atoms with Crippen molar-refractivity contribution < 1.29 is 34.7 Å². The highest BCUT2D eigenvalue weighted by Gasteiger charge is 2.39. The normalized spacial score (nSPS) is 19.1. The van der Waals surface area contributed by atoms with Crippen molar-refractivity contribution in [1.29, 1.82) is 0 Å². The van der Waals surface area contributed by atoms with Gasteiger partial charge in [-0.3, -0.25) is 4.79 Å². The molecular weight excluding hydrogens is 580 g/mol. The van der Waals surface area contributed by atoms with Crippen LogP contribution < -0.4 is 0 Å². The molecule has 0 radical (unpaired) electrons. The monoisotopic (exact) mass is 651 g/mol. The van der Waals surface area contributed by atoms with Crippen LogP contribution in [0.4, 0.5) is 0 Å². The number of aryl methyl sites for hydroxylation is 1. The molecule has 1 aliphatic rings. The zero-order valence-corrected chi connectivity index (χ0v) is 30.7. The van der Waals surface area contributed by atoms with Gasteiger partial charge in [-0.05, 0) is 35.3 Å². The standard InChI is InChI=1S/C24H46O6.C15H24O/c1-2-3-4-5-6-7-8-9-10-11-12-13-14-15-16-17-22(27)29-19-21(26)24-23(28)20(25)18-30-24;1-10-8-11(14(2,3)4)13(16)12(9-10)15(5,6)7/h20-21,23-26,28H,2-19H2,1H3;8-9,16H,1-7H3/t20-,21+,23+,24+;/m0./s1. The first-order valence-electron chi connectivity index (χ1n) is 18.3. The molecule has 268 valence electrons. The molecule has 7 nitrogen and oxygen atoms in total. The Balaban J connectivity index is 0.000000554. The van der Waals surface area contributed by atoms with E-state index in [0.717, 1.165) is 30.4 Å². The molecule has 0 unspecified atom stereocenters. The predicted octanol–water partition coefficient (Wildman–Crippen LogP) is 8.57. The zero-order chi connectivity index (χ0) is 34.8. The molecule has 1 heterocycles. The third-order valence-corrected chi connectivity index (χ3v) is 8.84. The van der Waals surface area contributed by atoms with E-state index in [1.54, 1.807) is 0 Å². The largest absolute Gasteiger partial charge is 0.507 e. The van der Waals surface area contributed by atoms with Crippen molar-refractivity contribution in [2.24, 2.45) is 0 Å². The van der Waals surface area contributed by atoms with Gasteiger partial charge in [-0.25, -0.2) is 0 Å². The molecule has 0 saturated carbocycles. The van der Waals surface area contributed by atoms with E-state index >= 15 is 0 Å². The molecule has 1 aliphatic heterocycles. The number of esters is 1. The lowest BCUT2D eigenvalue weighted by atomic mass is 9.78. The van der Waals surface area contributed by atoms with Crippen molar-refractivity contribution in [3.05, 3.63) is 28.8 Å². The maximum atomic E-state index is 11.8. The number of unbranched alkanes of at least 4 members (excludes halogenated alkanes) is 14. The number of aliphatic hydroxyl groups excluding tert-OH is 3. The number of aliphatic hydroxyl groups is 3. The van der Waals surface area contributed by atoms with Gasteiger partial charge in [0.1, 0.15) is 36.8 Å². The van der Waals surface area contributed by atoms with Gasteiger partial charge in [0.15, 0.2) is 0 Å². The Morgan fingerprint density at radius 1 is 0.804 bits per heavy atom. The highest BCUT2D eigenvalue weighted by atomic mass is 16.6. The Bertz CT molecular complexity index is 927. The van der Waals surface area contributed by atoms with Gasteiger partial charge < -0.3 is 29.9 Å². The van der Waals surface area contributed by atoms with E-state index < -0.39 is 24.4 Å². The zero-order valence-electron chi connectivity index (χ0n) is 30.7. The maximum absolute atomic E-state index is 11.8. The molecule has 1 saturated heterocycles. The Morgan fingerprint density at radius 3 is 1.59 bits per heavy atom. The van der Waals surface area contributed by atoms with Crippen molar-refractivity contribution in [1.82, 2.24) is 0 Å². The van der Waals surface area contributed by atoms with Crippen LogP contribution in [0.25, 0.3) is 0 Å². The summed E-state index contributed by atoms with van der Waals surface area (Å²) in [6.45, 7) is 16.9. The number of ether oxygens (including phenoxy) is 2.